The molecule has 2 rings (SSSR count). The van der Waals surface area contributed by atoms with Gasteiger partial charge in [0.1, 0.15) is 0 Å². The van der Waals surface area contributed by atoms with Crippen molar-refractivity contribution in [2.75, 3.05) is 6.54 Å². The number of carbonyl (C=O) groups excluding carboxylic acids is 1. The largest absolute Gasteiger partial charge is 0.337 e. The predicted octanol–water partition coefficient (Wildman–Crippen LogP) is 2.82. The van der Waals surface area contributed by atoms with Crippen molar-refractivity contribution in [1.82, 2.24) is 4.90 Å². The van der Waals surface area contributed by atoms with Gasteiger partial charge in [0.25, 0.3) is 0 Å². The molecule has 1 saturated heterocycles. The average Bonchev–Trinajstić information content (AvgIpc) is 2.87. The first kappa shape index (κ1) is 11.0. The third-order valence-electron chi connectivity index (χ3n) is 4.45. The average molecular weight is 209 g/mol. The fourth-order valence-electron chi connectivity index (χ4n) is 2.65. The molecule has 0 radical (unpaired) electrons. The highest BCUT2D eigenvalue weighted by Gasteiger charge is 2.50. The molecule has 1 amide bonds. The number of amides is 1. The molecule has 0 unspecified atom stereocenters. The van der Waals surface area contributed by atoms with Crippen LogP contribution in [0.3, 0.4) is 0 Å². The highest BCUT2D eigenvalue weighted by atomic mass is 16.2. The summed E-state index contributed by atoms with van der Waals surface area (Å²) >= 11 is 0. The maximum atomic E-state index is 12.2. The number of hydrogen-bond donors (Lipinski definition) is 0. The molecule has 2 heteroatoms. The SMILES string of the molecule is CC(C)(C)[C@]1(C)CCCN1C(=O)C1CC1. The van der Waals surface area contributed by atoms with Gasteiger partial charge in [-0.1, -0.05) is 20.8 Å². The Balaban J connectivity index is 2.20. The molecule has 0 N–H and O–H groups in total. The van der Waals surface area contributed by atoms with E-state index in [1.807, 2.05) is 0 Å². The summed E-state index contributed by atoms with van der Waals surface area (Å²) in [5.74, 6) is 0.787. The van der Waals surface area contributed by atoms with E-state index in [0.29, 0.717) is 11.8 Å². The van der Waals surface area contributed by atoms with Crippen LogP contribution >= 0.6 is 0 Å². The van der Waals surface area contributed by atoms with E-state index in [1.54, 1.807) is 0 Å². The first-order chi connectivity index (χ1) is 6.86. The van der Waals surface area contributed by atoms with Crippen LogP contribution in [0.1, 0.15) is 53.4 Å². The van der Waals surface area contributed by atoms with Gasteiger partial charge in [0.2, 0.25) is 5.91 Å². The summed E-state index contributed by atoms with van der Waals surface area (Å²) in [5, 5.41) is 0. The van der Waals surface area contributed by atoms with Crippen molar-refractivity contribution in [2.45, 2.75) is 58.9 Å². The summed E-state index contributed by atoms with van der Waals surface area (Å²) in [6.45, 7) is 10.0. The molecule has 0 aromatic carbocycles. The summed E-state index contributed by atoms with van der Waals surface area (Å²) in [6, 6.07) is 0. The van der Waals surface area contributed by atoms with Gasteiger partial charge in [0.05, 0.1) is 0 Å². The third-order valence-corrected chi connectivity index (χ3v) is 4.45. The Kier molecular flexibility index (Phi) is 2.36. The van der Waals surface area contributed by atoms with E-state index in [4.69, 9.17) is 0 Å². The Morgan fingerprint density at radius 3 is 2.40 bits per heavy atom. The first-order valence-corrected chi connectivity index (χ1v) is 6.18. The smallest absolute Gasteiger partial charge is 0.226 e. The summed E-state index contributed by atoms with van der Waals surface area (Å²) < 4.78 is 0. The Hall–Kier alpha value is -0.530. The number of hydrogen-bond acceptors (Lipinski definition) is 1. The molecule has 2 nitrogen and oxygen atoms in total. The highest BCUT2D eigenvalue weighted by Crippen LogP contribution is 2.45. The van der Waals surface area contributed by atoms with Crippen molar-refractivity contribution >= 4 is 5.91 Å². The van der Waals surface area contributed by atoms with Crippen molar-refractivity contribution in [1.29, 1.82) is 0 Å². The van der Waals surface area contributed by atoms with Crippen LogP contribution in [0.4, 0.5) is 0 Å². The van der Waals surface area contributed by atoms with E-state index in [9.17, 15) is 4.79 Å². The van der Waals surface area contributed by atoms with Gasteiger partial charge >= 0.3 is 0 Å². The van der Waals surface area contributed by atoms with E-state index in [-0.39, 0.29) is 11.0 Å². The zero-order chi connectivity index (χ0) is 11.3. The second-order valence-corrected chi connectivity index (χ2v) is 6.39. The van der Waals surface area contributed by atoms with Gasteiger partial charge in [-0.05, 0) is 38.0 Å². The molecule has 1 heterocycles. The van der Waals surface area contributed by atoms with Gasteiger partial charge in [-0.15, -0.1) is 0 Å². The van der Waals surface area contributed by atoms with E-state index >= 15 is 0 Å². The normalized spacial score (nSPS) is 32.1. The van der Waals surface area contributed by atoms with Crippen LogP contribution in [-0.4, -0.2) is 22.9 Å². The summed E-state index contributed by atoms with van der Waals surface area (Å²) in [7, 11) is 0. The van der Waals surface area contributed by atoms with Gasteiger partial charge in [-0.2, -0.15) is 0 Å². The standard InChI is InChI=1S/C13H23NO/c1-12(2,3)13(4)8-5-9-14(13)11(15)10-6-7-10/h10H,5-9H2,1-4H3/t13-/m0/s1. The van der Waals surface area contributed by atoms with Gasteiger partial charge in [0, 0.05) is 18.0 Å². The Morgan fingerprint density at radius 2 is 1.93 bits per heavy atom. The second-order valence-electron chi connectivity index (χ2n) is 6.39. The molecule has 0 aromatic heterocycles. The van der Waals surface area contributed by atoms with Crippen molar-refractivity contribution < 1.29 is 4.79 Å². The second kappa shape index (κ2) is 3.23. The van der Waals surface area contributed by atoms with Crippen molar-refractivity contribution in [3.05, 3.63) is 0 Å². The number of likely N-dealkylation sites (tertiary alicyclic amines) is 1. The van der Waals surface area contributed by atoms with Gasteiger partial charge < -0.3 is 4.90 Å². The van der Waals surface area contributed by atoms with Gasteiger partial charge in [0.15, 0.2) is 0 Å². The van der Waals surface area contributed by atoms with Crippen LogP contribution in [-0.2, 0) is 4.79 Å². The molecule has 1 saturated carbocycles. The van der Waals surface area contributed by atoms with Crippen LogP contribution in [0.15, 0.2) is 0 Å². The first-order valence-electron chi connectivity index (χ1n) is 6.18. The zero-order valence-electron chi connectivity index (χ0n) is 10.5. The number of carbonyl (C=O) groups is 1. The molecule has 1 aliphatic heterocycles. The lowest BCUT2D eigenvalue weighted by molar-refractivity contribution is -0.140. The fraction of sp³-hybridized carbons (Fsp3) is 0.923. The zero-order valence-corrected chi connectivity index (χ0v) is 10.5. The maximum absolute atomic E-state index is 12.2. The molecule has 86 valence electrons. The molecular weight excluding hydrogens is 186 g/mol. The van der Waals surface area contributed by atoms with Crippen molar-refractivity contribution in [3.63, 3.8) is 0 Å². The molecule has 2 aliphatic rings. The summed E-state index contributed by atoms with van der Waals surface area (Å²) in [4.78, 5) is 14.4. The molecule has 2 fully saturated rings. The van der Waals surface area contributed by atoms with Crippen molar-refractivity contribution in [3.8, 4) is 0 Å². The third kappa shape index (κ3) is 1.68. The lowest BCUT2D eigenvalue weighted by Gasteiger charge is -2.46. The number of rotatable bonds is 1. The monoisotopic (exact) mass is 209 g/mol. The molecular formula is C13H23NO. The van der Waals surface area contributed by atoms with E-state index < -0.39 is 0 Å². The van der Waals surface area contributed by atoms with Crippen LogP contribution in [0.2, 0.25) is 0 Å². The van der Waals surface area contributed by atoms with Crippen LogP contribution in [0.25, 0.3) is 0 Å². The van der Waals surface area contributed by atoms with Gasteiger partial charge in [-0.25, -0.2) is 0 Å². The predicted molar refractivity (Wildman–Crippen MR) is 61.5 cm³/mol. The molecule has 1 atom stereocenters. The van der Waals surface area contributed by atoms with Crippen LogP contribution < -0.4 is 0 Å². The Bertz CT molecular complexity index is 275. The van der Waals surface area contributed by atoms with E-state index in [2.05, 4.69) is 32.6 Å². The van der Waals surface area contributed by atoms with Crippen LogP contribution in [0, 0.1) is 11.3 Å². The molecule has 15 heavy (non-hydrogen) atoms. The van der Waals surface area contributed by atoms with Crippen molar-refractivity contribution in [2.24, 2.45) is 11.3 Å². The minimum absolute atomic E-state index is 0.0761. The molecule has 0 aromatic rings. The lowest BCUT2D eigenvalue weighted by atomic mass is 9.73. The molecule has 1 aliphatic carbocycles. The highest BCUT2D eigenvalue weighted by molar-refractivity contribution is 5.82. The minimum atomic E-state index is 0.0761. The van der Waals surface area contributed by atoms with E-state index in [1.165, 1.54) is 6.42 Å². The van der Waals surface area contributed by atoms with Crippen LogP contribution in [0.5, 0.6) is 0 Å². The van der Waals surface area contributed by atoms with E-state index in [0.717, 1.165) is 25.8 Å². The number of nitrogens with zero attached hydrogens (tertiary/aromatic N) is 1. The lowest BCUT2D eigenvalue weighted by Crippen LogP contribution is -2.53. The van der Waals surface area contributed by atoms with Gasteiger partial charge in [-0.3, -0.25) is 4.79 Å². The fourth-order valence-corrected chi connectivity index (χ4v) is 2.65. The Morgan fingerprint density at radius 1 is 1.33 bits per heavy atom. The minimum Gasteiger partial charge on any atom is -0.337 e. The summed E-state index contributed by atoms with van der Waals surface area (Å²) in [6.07, 6.45) is 4.58. The Labute approximate surface area is 93.0 Å². The quantitative estimate of drug-likeness (QED) is 0.650. The maximum Gasteiger partial charge on any atom is 0.226 e. The molecule has 0 bridgehead atoms. The molecule has 0 spiro atoms. The topological polar surface area (TPSA) is 20.3 Å². The summed E-state index contributed by atoms with van der Waals surface area (Å²) in [5.41, 5.74) is 0.265.